The van der Waals surface area contributed by atoms with Gasteiger partial charge in [0.15, 0.2) is 10.9 Å². The van der Waals surface area contributed by atoms with Crippen molar-refractivity contribution in [3.05, 3.63) is 29.1 Å². The molecule has 0 radical (unpaired) electrons. The van der Waals surface area contributed by atoms with Gasteiger partial charge in [-0.05, 0) is 26.8 Å². The smallest absolute Gasteiger partial charge is 0.191 e. The van der Waals surface area contributed by atoms with Gasteiger partial charge >= 0.3 is 0 Å². The van der Waals surface area contributed by atoms with E-state index in [-0.39, 0.29) is 17.6 Å². The lowest BCUT2D eigenvalue weighted by Crippen LogP contribution is -2.14. The number of aryl methyl sites for hydroxylation is 1. The number of hydrogen-bond acceptors (Lipinski definition) is 7. The predicted molar refractivity (Wildman–Crippen MR) is 96.4 cm³/mol. The molecule has 4 N–H and O–H groups in total. The first-order valence-electron chi connectivity index (χ1n) is 7.56. The second kappa shape index (κ2) is 7.67. The SMILES string of the molecule is COC[C@H](C)n1c(C)cc(C(=O)CSc2nc(N)cc(N)n2)c1C. The lowest BCUT2D eigenvalue weighted by atomic mass is 10.2. The van der Waals surface area contributed by atoms with Crippen LogP contribution in [0.1, 0.15) is 34.7 Å². The number of Topliss-reactive ketones (excluding diaryl/α,β-unsaturated/α-hetero) is 1. The fraction of sp³-hybridized carbons (Fsp3) is 0.438. The number of carbonyl (C=O) groups is 1. The summed E-state index contributed by atoms with van der Waals surface area (Å²) in [5.74, 6) is 0.841. The van der Waals surface area contributed by atoms with Crippen molar-refractivity contribution in [2.75, 3.05) is 30.9 Å². The van der Waals surface area contributed by atoms with Crippen molar-refractivity contribution < 1.29 is 9.53 Å². The minimum Gasteiger partial charge on any atom is -0.383 e. The highest BCUT2D eigenvalue weighted by atomic mass is 32.2. The molecule has 0 unspecified atom stereocenters. The summed E-state index contributed by atoms with van der Waals surface area (Å²) in [5, 5.41) is 0.405. The Morgan fingerprint density at radius 1 is 1.29 bits per heavy atom. The van der Waals surface area contributed by atoms with Crippen molar-refractivity contribution >= 4 is 29.2 Å². The van der Waals surface area contributed by atoms with Crippen LogP contribution in [0.25, 0.3) is 0 Å². The van der Waals surface area contributed by atoms with Crippen LogP contribution in [0.5, 0.6) is 0 Å². The van der Waals surface area contributed by atoms with Crippen LogP contribution in [0, 0.1) is 13.8 Å². The highest BCUT2D eigenvalue weighted by Crippen LogP contribution is 2.24. The first-order valence-corrected chi connectivity index (χ1v) is 8.55. The Morgan fingerprint density at radius 2 is 1.92 bits per heavy atom. The molecule has 0 bridgehead atoms. The summed E-state index contributed by atoms with van der Waals surface area (Å²) in [6, 6.07) is 3.57. The summed E-state index contributed by atoms with van der Waals surface area (Å²) in [7, 11) is 1.67. The van der Waals surface area contributed by atoms with Crippen LogP contribution >= 0.6 is 11.8 Å². The number of ketones is 1. The second-order valence-electron chi connectivity index (χ2n) is 5.67. The first-order chi connectivity index (χ1) is 11.3. The molecule has 0 aliphatic carbocycles. The highest BCUT2D eigenvalue weighted by molar-refractivity contribution is 7.99. The Kier molecular flexibility index (Phi) is 5.84. The van der Waals surface area contributed by atoms with Crippen LogP contribution in [0.4, 0.5) is 11.6 Å². The largest absolute Gasteiger partial charge is 0.383 e. The number of nitrogens with two attached hydrogens (primary N) is 2. The molecule has 130 valence electrons. The Hall–Kier alpha value is -2.06. The van der Waals surface area contributed by atoms with E-state index in [4.69, 9.17) is 16.2 Å². The van der Waals surface area contributed by atoms with E-state index >= 15 is 0 Å². The molecule has 2 heterocycles. The minimum atomic E-state index is 0.0218. The fourth-order valence-corrected chi connectivity index (χ4v) is 3.54. The summed E-state index contributed by atoms with van der Waals surface area (Å²) in [6.07, 6.45) is 0. The van der Waals surface area contributed by atoms with Gasteiger partial charge in [0.1, 0.15) is 11.6 Å². The van der Waals surface area contributed by atoms with Crippen molar-refractivity contribution in [2.24, 2.45) is 0 Å². The third-order valence-electron chi connectivity index (χ3n) is 3.71. The van der Waals surface area contributed by atoms with E-state index in [1.165, 1.54) is 17.8 Å². The number of methoxy groups -OCH3 is 1. The maximum Gasteiger partial charge on any atom is 0.191 e. The number of aromatic nitrogens is 3. The molecule has 24 heavy (non-hydrogen) atoms. The van der Waals surface area contributed by atoms with Crippen LogP contribution in [0.15, 0.2) is 17.3 Å². The molecule has 0 saturated heterocycles. The molecular formula is C16H23N5O2S. The molecule has 2 rings (SSSR count). The second-order valence-corrected chi connectivity index (χ2v) is 6.61. The predicted octanol–water partition coefficient (Wildman–Crippen LogP) is 2.24. The fourth-order valence-electron chi connectivity index (χ4n) is 2.79. The Bertz CT molecular complexity index is 724. The molecule has 0 saturated carbocycles. The Labute approximate surface area is 145 Å². The number of nitrogen functional groups attached to an aromatic ring is 2. The molecule has 8 heteroatoms. The van der Waals surface area contributed by atoms with Gasteiger partial charge in [-0.1, -0.05) is 11.8 Å². The van der Waals surface area contributed by atoms with Gasteiger partial charge in [-0.15, -0.1) is 0 Å². The van der Waals surface area contributed by atoms with Crippen molar-refractivity contribution in [1.29, 1.82) is 0 Å². The number of nitrogens with zero attached hydrogens (tertiary/aromatic N) is 3. The van der Waals surface area contributed by atoms with E-state index in [1.807, 2.05) is 19.9 Å². The summed E-state index contributed by atoms with van der Waals surface area (Å²) in [6.45, 7) is 6.60. The normalized spacial score (nSPS) is 12.3. The summed E-state index contributed by atoms with van der Waals surface area (Å²) in [4.78, 5) is 20.7. The molecule has 0 aliphatic rings. The monoisotopic (exact) mass is 349 g/mol. The van der Waals surface area contributed by atoms with Crippen molar-refractivity contribution in [2.45, 2.75) is 32.0 Å². The lowest BCUT2D eigenvalue weighted by molar-refractivity contribution is 0.102. The van der Waals surface area contributed by atoms with Gasteiger partial charge in [-0.25, -0.2) is 9.97 Å². The zero-order valence-electron chi connectivity index (χ0n) is 14.4. The minimum absolute atomic E-state index is 0.0218. The van der Waals surface area contributed by atoms with Crippen LogP contribution in [0.3, 0.4) is 0 Å². The first kappa shape index (κ1) is 18.3. The molecule has 1 atom stereocenters. The topological polar surface area (TPSA) is 109 Å². The third-order valence-corrected chi connectivity index (χ3v) is 4.56. The summed E-state index contributed by atoms with van der Waals surface area (Å²) < 4.78 is 7.34. The van der Waals surface area contributed by atoms with Gasteiger partial charge in [-0.3, -0.25) is 4.79 Å². The van der Waals surface area contributed by atoms with Gasteiger partial charge in [0.05, 0.1) is 18.4 Å². The zero-order chi connectivity index (χ0) is 17.9. The molecule has 0 aromatic carbocycles. The Morgan fingerprint density at radius 3 is 2.50 bits per heavy atom. The van der Waals surface area contributed by atoms with Gasteiger partial charge in [-0.2, -0.15) is 0 Å². The van der Waals surface area contributed by atoms with E-state index in [2.05, 4.69) is 21.5 Å². The van der Waals surface area contributed by atoms with Crippen molar-refractivity contribution in [3.8, 4) is 0 Å². The maximum atomic E-state index is 12.6. The van der Waals surface area contributed by atoms with E-state index in [0.717, 1.165) is 11.4 Å². The van der Waals surface area contributed by atoms with Gasteiger partial charge < -0.3 is 20.8 Å². The van der Waals surface area contributed by atoms with Crippen LogP contribution in [0.2, 0.25) is 0 Å². The van der Waals surface area contributed by atoms with E-state index in [9.17, 15) is 4.79 Å². The van der Waals surface area contributed by atoms with Crippen LogP contribution in [-0.4, -0.2) is 39.8 Å². The van der Waals surface area contributed by atoms with E-state index < -0.39 is 0 Å². The number of ether oxygens (including phenoxy) is 1. The number of anilines is 2. The van der Waals surface area contributed by atoms with E-state index in [0.29, 0.717) is 29.0 Å². The molecule has 0 amide bonds. The number of thioether (sulfide) groups is 1. The zero-order valence-corrected chi connectivity index (χ0v) is 15.2. The number of hydrogen-bond donors (Lipinski definition) is 2. The van der Waals surface area contributed by atoms with E-state index in [1.54, 1.807) is 7.11 Å². The quantitative estimate of drug-likeness (QED) is 0.448. The van der Waals surface area contributed by atoms with Gasteiger partial charge in [0.25, 0.3) is 0 Å². The molecule has 0 aliphatic heterocycles. The highest BCUT2D eigenvalue weighted by Gasteiger charge is 2.19. The average Bonchev–Trinajstić information content (AvgIpc) is 2.79. The third kappa shape index (κ3) is 4.07. The van der Waals surface area contributed by atoms with Crippen LogP contribution in [-0.2, 0) is 4.74 Å². The molecular weight excluding hydrogens is 326 g/mol. The van der Waals surface area contributed by atoms with Crippen molar-refractivity contribution in [1.82, 2.24) is 14.5 Å². The molecule has 2 aromatic rings. The van der Waals surface area contributed by atoms with Crippen molar-refractivity contribution in [3.63, 3.8) is 0 Å². The average molecular weight is 349 g/mol. The Balaban J connectivity index is 2.14. The van der Waals surface area contributed by atoms with Crippen LogP contribution < -0.4 is 11.5 Å². The molecule has 7 nitrogen and oxygen atoms in total. The standard InChI is InChI=1S/C16H23N5O2S/c1-9-5-12(11(3)21(9)10(2)7-23-4)13(22)8-24-16-19-14(17)6-15(18)20-16/h5-6,10H,7-8H2,1-4H3,(H4,17,18,19,20)/t10-/m0/s1. The molecule has 2 aromatic heterocycles. The molecule has 0 spiro atoms. The number of carbonyl (C=O) groups excluding carboxylic acids is 1. The van der Waals surface area contributed by atoms with Gasteiger partial charge in [0, 0.05) is 30.1 Å². The number of rotatable bonds is 7. The lowest BCUT2D eigenvalue weighted by Gasteiger charge is -2.17. The maximum absolute atomic E-state index is 12.6. The van der Waals surface area contributed by atoms with Gasteiger partial charge in [0.2, 0.25) is 0 Å². The summed E-state index contributed by atoms with van der Waals surface area (Å²) in [5.41, 5.74) is 14.0. The summed E-state index contributed by atoms with van der Waals surface area (Å²) >= 11 is 1.23. The molecule has 0 fully saturated rings.